The molecule has 2 aromatic heterocycles. The smallest absolute Gasteiger partial charge is 0.254 e. The van der Waals surface area contributed by atoms with Crippen LogP contribution in [-0.2, 0) is 19.6 Å². The zero-order valence-corrected chi connectivity index (χ0v) is 19.0. The highest BCUT2D eigenvalue weighted by molar-refractivity contribution is 9.10. The number of hydrogen-bond donors (Lipinski definition) is 1. The third kappa shape index (κ3) is 3.63. The second-order valence-corrected chi connectivity index (χ2v) is 8.69. The fourth-order valence-corrected chi connectivity index (χ4v) is 4.58. The van der Waals surface area contributed by atoms with Crippen molar-refractivity contribution in [1.29, 1.82) is 0 Å². The number of carbonyl (C=O) groups is 1. The Balaban J connectivity index is 1.30. The molecule has 158 valence electrons. The average Bonchev–Trinajstić information content (AvgIpc) is 3.32. The van der Waals surface area contributed by atoms with E-state index in [0.717, 1.165) is 33.4 Å². The molecule has 0 unspecified atom stereocenters. The Hall–Kier alpha value is -3.06. The predicted molar refractivity (Wildman–Crippen MR) is 121 cm³/mol. The van der Waals surface area contributed by atoms with E-state index >= 15 is 0 Å². The van der Waals surface area contributed by atoms with Gasteiger partial charge in [0.25, 0.3) is 5.91 Å². The molecule has 0 saturated heterocycles. The van der Waals surface area contributed by atoms with Crippen molar-refractivity contribution in [3.05, 3.63) is 80.8 Å². The Labute approximate surface area is 188 Å². The van der Waals surface area contributed by atoms with Crippen molar-refractivity contribution in [2.24, 2.45) is 0 Å². The standard InChI is InChI=1S/C24H22BrN3O3/c1-14-20(15(2)31-27-14)13-30-17-8-6-16(7-9-17)24(29)28-11-10-22-19(12-28)18-4-3-5-21(25)23(18)26-22/h3-9,26H,10-13H2,1-2H3. The SMILES string of the molecule is Cc1noc(C)c1COc1ccc(C(=O)N2CCc3[nH]c4c(Br)cccc4c3C2)cc1. The van der Waals surface area contributed by atoms with E-state index in [4.69, 9.17) is 9.26 Å². The summed E-state index contributed by atoms with van der Waals surface area (Å²) in [6, 6.07) is 13.5. The van der Waals surface area contributed by atoms with E-state index in [1.165, 1.54) is 16.6 Å². The molecule has 0 bridgehead atoms. The van der Waals surface area contributed by atoms with Gasteiger partial charge in [-0.05, 0) is 60.1 Å². The Morgan fingerprint density at radius 2 is 2.03 bits per heavy atom. The van der Waals surface area contributed by atoms with Gasteiger partial charge in [-0.15, -0.1) is 0 Å². The summed E-state index contributed by atoms with van der Waals surface area (Å²) >= 11 is 3.61. The zero-order valence-electron chi connectivity index (χ0n) is 17.4. The summed E-state index contributed by atoms with van der Waals surface area (Å²) in [5, 5.41) is 5.11. The van der Waals surface area contributed by atoms with E-state index in [2.05, 4.69) is 32.1 Å². The molecule has 5 rings (SSSR count). The van der Waals surface area contributed by atoms with Crippen LogP contribution >= 0.6 is 15.9 Å². The first-order valence-corrected chi connectivity index (χ1v) is 11.0. The number of amides is 1. The first-order chi connectivity index (χ1) is 15.0. The highest BCUT2D eigenvalue weighted by atomic mass is 79.9. The molecule has 0 aliphatic carbocycles. The third-order valence-corrected chi connectivity index (χ3v) is 6.57. The van der Waals surface area contributed by atoms with Crippen molar-refractivity contribution in [3.63, 3.8) is 0 Å². The van der Waals surface area contributed by atoms with Crippen molar-refractivity contribution in [2.45, 2.75) is 33.4 Å². The lowest BCUT2D eigenvalue weighted by atomic mass is 10.0. The second kappa shape index (κ2) is 7.89. The highest BCUT2D eigenvalue weighted by Gasteiger charge is 2.25. The van der Waals surface area contributed by atoms with Gasteiger partial charge in [-0.2, -0.15) is 0 Å². The van der Waals surface area contributed by atoms with Gasteiger partial charge in [0.2, 0.25) is 0 Å². The molecule has 4 aromatic rings. The second-order valence-electron chi connectivity index (χ2n) is 7.84. The number of ether oxygens (including phenoxy) is 1. The van der Waals surface area contributed by atoms with Crippen LogP contribution in [0.2, 0.25) is 0 Å². The minimum atomic E-state index is 0.0345. The maximum absolute atomic E-state index is 13.1. The number of fused-ring (bicyclic) bond motifs is 3. The fraction of sp³-hybridized carbons (Fsp3) is 0.250. The molecule has 0 radical (unpaired) electrons. The maximum atomic E-state index is 13.1. The van der Waals surface area contributed by atoms with Gasteiger partial charge in [0, 0.05) is 46.2 Å². The summed E-state index contributed by atoms with van der Waals surface area (Å²) in [6.45, 7) is 5.46. The minimum absolute atomic E-state index is 0.0345. The Bertz CT molecular complexity index is 1250. The summed E-state index contributed by atoms with van der Waals surface area (Å²) in [7, 11) is 0. The van der Waals surface area contributed by atoms with E-state index in [9.17, 15) is 4.79 Å². The molecule has 2 aromatic carbocycles. The Morgan fingerprint density at radius 3 is 2.77 bits per heavy atom. The Kier molecular flexibility index (Phi) is 5.06. The number of aromatic amines is 1. The summed E-state index contributed by atoms with van der Waals surface area (Å²) in [4.78, 5) is 18.5. The van der Waals surface area contributed by atoms with Gasteiger partial charge >= 0.3 is 0 Å². The number of nitrogens with zero attached hydrogens (tertiary/aromatic N) is 2. The molecule has 0 saturated carbocycles. The number of hydrogen-bond acceptors (Lipinski definition) is 4. The first kappa shape index (κ1) is 19.9. The van der Waals surface area contributed by atoms with Gasteiger partial charge in [0.05, 0.1) is 16.8 Å². The number of nitrogens with one attached hydrogen (secondary N) is 1. The minimum Gasteiger partial charge on any atom is -0.489 e. The van der Waals surface area contributed by atoms with E-state index in [1.807, 2.05) is 55.1 Å². The number of H-pyrrole nitrogens is 1. The van der Waals surface area contributed by atoms with Crippen LogP contribution in [-0.4, -0.2) is 27.5 Å². The number of rotatable bonds is 4. The lowest BCUT2D eigenvalue weighted by Crippen LogP contribution is -2.35. The van der Waals surface area contributed by atoms with Crippen molar-refractivity contribution < 1.29 is 14.1 Å². The lowest BCUT2D eigenvalue weighted by molar-refractivity contribution is 0.0735. The summed E-state index contributed by atoms with van der Waals surface area (Å²) in [5.41, 5.74) is 5.97. The topological polar surface area (TPSA) is 71.4 Å². The van der Waals surface area contributed by atoms with Crippen molar-refractivity contribution in [3.8, 4) is 5.75 Å². The van der Waals surface area contributed by atoms with E-state index in [-0.39, 0.29) is 5.91 Å². The van der Waals surface area contributed by atoms with E-state index in [0.29, 0.717) is 31.0 Å². The molecule has 0 fully saturated rings. The van der Waals surface area contributed by atoms with Crippen LogP contribution in [0.5, 0.6) is 5.75 Å². The molecule has 3 heterocycles. The van der Waals surface area contributed by atoms with E-state index in [1.54, 1.807) is 0 Å². The Morgan fingerprint density at radius 1 is 1.23 bits per heavy atom. The molecule has 1 N–H and O–H groups in total. The number of aromatic nitrogens is 2. The van der Waals surface area contributed by atoms with Crippen LogP contribution < -0.4 is 4.74 Å². The largest absolute Gasteiger partial charge is 0.489 e. The van der Waals surface area contributed by atoms with Gasteiger partial charge in [-0.25, -0.2) is 0 Å². The highest BCUT2D eigenvalue weighted by Crippen LogP contribution is 2.32. The molecule has 0 atom stereocenters. The van der Waals surface area contributed by atoms with Crippen molar-refractivity contribution in [2.75, 3.05) is 6.54 Å². The molecule has 0 spiro atoms. The van der Waals surface area contributed by atoms with Crippen LogP contribution in [0.15, 0.2) is 51.5 Å². The molecule has 7 heteroatoms. The van der Waals surface area contributed by atoms with Gasteiger partial charge in [-0.3, -0.25) is 4.79 Å². The van der Waals surface area contributed by atoms with Crippen molar-refractivity contribution >= 4 is 32.7 Å². The summed E-state index contributed by atoms with van der Waals surface area (Å²) in [5.74, 6) is 1.50. The normalized spacial score (nSPS) is 13.5. The molecular formula is C24H22BrN3O3. The molecule has 31 heavy (non-hydrogen) atoms. The molecule has 1 aliphatic rings. The number of para-hydroxylation sites is 1. The van der Waals surface area contributed by atoms with Crippen molar-refractivity contribution in [1.82, 2.24) is 15.0 Å². The number of benzene rings is 2. The fourth-order valence-electron chi connectivity index (χ4n) is 4.12. The van der Waals surface area contributed by atoms with Gasteiger partial charge in [0.1, 0.15) is 18.1 Å². The summed E-state index contributed by atoms with van der Waals surface area (Å²) < 4.78 is 12.1. The molecule has 1 aliphatic heterocycles. The van der Waals surface area contributed by atoms with Crippen LogP contribution in [0.1, 0.15) is 38.6 Å². The van der Waals surface area contributed by atoms with Crippen LogP contribution in [0.3, 0.4) is 0 Å². The molecule has 6 nitrogen and oxygen atoms in total. The third-order valence-electron chi connectivity index (χ3n) is 5.91. The van der Waals surface area contributed by atoms with Gasteiger partial charge in [0.15, 0.2) is 0 Å². The van der Waals surface area contributed by atoms with Gasteiger partial charge in [-0.1, -0.05) is 17.3 Å². The molecule has 1 amide bonds. The number of halogens is 1. The number of carbonyl (C=O) groups excluding carboxylic acids is 1. The van der Waals surface area contributed by atoms with Crippen LogP contribution in [0.4, 0.5) is 0 Å². The van der Waals surface area contributed by atoms with Gasteiger partial charge < -0.3 is 19.1 Å². The average molecular weight is 480 g/mol. The van der Waals surface area contributed by atoms with Crippen LogP contribution in [0.25, 0.3) is 10.9 Å². The zero-order chi connectivity index (χ0) is 21.5. The predicted octanol–water partition coefficient (Wildman–Crippen LogP) is 5.31. The quantitative estimate of drug-likeness (QED) is 0.430. The maximum Gasteiger partial charge on any atom is 0.254 e. The molecular weight excluding hydrogens is 458 g/mol. The monoisotopic (exact) mass is 479 g/mol. The van der Waals surface area contributed by atoms with E-state index < -0.39 is 0 Å². The lowest BCUT2D eigenvalue weighted by Gasteiger charge is -2.27. The first-order valence-electron chi connectivity index (χ1n) is 10.2. The summed E-state index contributed by atoms with van der Waals surface area (Å²) in [6.07, 6.45) is 0.820. The number of aryl methyl sites for hydroxylation is 2. The van der Waals surface area contributed by atoms with Crippen LogP contribution in [0, 0.1) is 13.8 Å².